The van der Waals surface area contributed by atoms with E-state index in [4.69, 9.17) is 0 Å². The molecule has 17 heavy (non-hydrogen) atoms. The lowest BCUT2D eigenvalue weighted by atomic mass is 9.93. The van der Waals surface area contributed by atoms with Gasteiger partial charge in [-0.1, -0.05) is 25.2 Å². The van der Waals surface area contributed by atoms with E-state index < -0.39 is 0 Å². The minimum atomic E-state index is 0.578. The third-order valence-electron chi connectivity index (χ3n) is 3.51. The summed E-state index contributed by atoms with van der Waals surface area (Å²) in [6, 6.07) is 0. The second kappa shape index (κ2) is 4.73. The summed E-state index contributed by atoms with van der Waals surface area (Å²) in [5.41, 5.74) is 4.99. The van der Waals surface area contributed by atoms with E-state index in [1.54, 1.807) is 0 Å². The Bertz CT molecular complexity index is 483. The quantitative estimate of drug-likeness (QED) is 0.798. The first-order chi connectivity index (χ1) is 8.04. The lowest BCUT2D eigenvalue weighted by molar-refractivity contribution is 0.731. The molecule has 0 radical (unpaired) electrons. The molecule has 3 heteroatoms. The molecule has 0 saturated carbocycles. The predicted molar refractivity (Wildman–Crippen MR) is 76.3 cm³/mol. The highest BCUT2D eigenvalue weighted by molar-refractivity contribution is 7.99. The van der Waals surface area contributed by atoms with Crippen LogP contribution in [0.3, 0.4) is 0 Å². The van der Waals surface area contributed by atoms with Gasteiger partial charge < -0.3 is 0 Å². The third kappa shape index (κ3) is 2.21. The van der Waals surface area contributed by atoms with Crippen LogP contribution in [0.1, 0.15) is 23.9 Å². The van der Waals surface area contributed by atoms with Crippen molar-refractivity contribution in [1.29, 1.82) is 0 Å². The highest BCUT2D eigenvalue weighted by Crippen LogP contribution is 2.32. The van der Waals surface area contributed by atoms with Crippen molar-refractivity contribution in [3.8, 4) is 0 Å². The number of allylic oxidation sites excluding steroid dienone is 3. The van der Waals surface area contributed by atoms with Crippen LogP contribution in [0.4, 0.5) is 0 Å². The van der Waals surface area contributed by atoms with E-state index in [0.717, 1.165) is 5.69 Å². The fourth-order valence-electron chi connectivity index (χ4n) is 2.39. The molecule has 1 aromatic heterocycles. The second-order valence-electron chi connectivity index (χ2n) is 4.71. The van der Waals surface area contributed by atoms with E-state index in [9.17, 15) is 0 Å². The van der Waals surface area contributed by atoms with Crippen molar-refractivity contribution < 1.29 is 0 Å². The number of aromatic nitrogens is 2. The van der Waals surface area contributed by atoms with Crippen LogP contribution in [0.2, 0.25) is 0 Å². The summed E-state index contributed by atoms with van der Waals surface area (Å²) in [5, 5.41) is 5.07. The number of thioether (sulfide) groups is 1. The standard InChI is InChI=1S/C14H20N2S/c1-9-6-7-12(8-13(9)17-5)14-10(2)15-16(4)11(14)3/h6-9,13H,1-5H3. The van der Waals surface area contributed by atoms with Crippen LogP contribution >= 0.6 is 11.8 Å². The molecule has 1 aliphatic carbocycles. The molecule has 0 bridgehead atoms. The molecule has 2 nitrogen and oxygen atoms in total. The van der Waals surface area contributed by atoms with Gasteiger partial charge in [0.15, 0.2) is 0 Å². The van der Waals surface area contributed by atoms with Gasteiger partial charge in [0, 0.05) is 23.6 Å². The summed E-state index contributed by atoms with van der Waals surface area (Å²) in [4.78, 5) is 0. The Kier molecular flexibility index (Phi) is 3.48. The summed E-state index contributed by atoms with van der Waals surface area (Å²) in [6.45, 7) is 6.49. The summed E-state index contributed by atoms with van der Waals surface area (Å²) >= 11 is 1.92. The molecule has 0 saturated heterocycles. The van der Waals surface area contributed by atoms with Gasteiger partial charge in [0.1, 0.15) is 0 Å². The highest BCUT2D eigenvalue weighted by Gasteiger charge is 2.20. The monoisotopic (exact) mass is 248 g/mol. The zero-order valence-electron chi connectivity index (χ0n) is 11.2. The zero-order valence-corrected chi connectivity index (χ0v) is 12.0. The molecule has 2 unspecified atom stereocenters. The maximum atomic E-state index is 4.49. The maximum Gasteiger partial charge on any atom is 0.0674 e. The number of nitrogens with zero attached hydrogens (tertiary/aromatic N) is 2. The van der Waals surface area contributed by atoms with E-state index in [0.29, 0.717) is 11.2 Å². The first kappa shape index (κ1) is 12.5. The van der Waals surface area contributed by atoms with Gasteiger partial charge >= 0.3 is 0 Å². The van der Waals surface area contributed by atoms with Crippen molar-refractivity contribution in [1.82, 2.24) is 9.78 Å². The molecular weight excluding hydrogens is 228 g/mol. The fraction of sp³-hybridized carbons (Fsp3) is 0.500. The van der Waals surface area contributed by atoms with Crippen molar-refractivity contribution >= 4 is 17.3 Å². The fourth-order valence-corrected chi connectivity index (χ4v) is 3.19. The summed E-state index contributed by atoms with van der Waals surface area (Å²) in [6.07, 6.45) is 9.11. The van der Waals surface area contributed by atoms with Crippen molar-refractivity contribution in [3.05, 3.63) is 35.2 Å². The molecular formula is C14H20N2S. The van der Waals surface area contributed by atoms with Gasteiger partial charge in [0.25, 0.3) is 0 Å². The lowest BCUT2D eigenvalue weighted by Crippen LogP contribution is -2.12. The van der Waals surface area contributed by atoms with Crippen LogP contribution in [0.15, 0.2) is 18.2 Å². The first-order valence-corrected chi connectivity index (χ1v) is 7.26. The highest BCUT2D eigenvalue weighted by atomic mass is 32.2. The van der Waals surface area contributed by atoms with Gasteiger partial charge in [0.05, 0.1) is 5.69 Å². The number of aryl methyl sites for hydroxylation is 2. The minimum Gasteiger partial charge on any atom is -0.272 e. The van der Waals surface area contributed by atoms with Crippen molar-refractivity contribution in [2.45, 2.75) is 26.0 Å². The number of rotatable bonds is 2. The molecule has 1 heterocycles. The third-order valence-corrected chi connectivity index (χ3v) is 4.62. The zero-order chi connectivity index (χ0) is 12.6. The van der Waals surface area contributed by atoms with Gasteiger partial charge in [-0.25, -0.2) is 0 Å². The lowest BCUT2D eigenvalue weighted by Gasteiger charge is -2.21. The summed E-state index contributed by atoms with van der Waals surface area (Å²) < 4.78 is 1.96. The van der Waals surface area contributed by atoms with E-state index in [1.165, 1.54) is 16.8 Å². The summed E-state index contributed by atoms with van der Waals surface area (Å²) in [5.74, 6) is 0.617. The molecule has 0 amide bonds. The van der Waals surface area contributed by atoms with Gasteiger partial charge in [-0.2, -0.15) is 16.9 Å². The van der Waals surface area contributed by atoms with Crippen LogP contribution < -0.4 is 0 Å². The molecule has 0 aromatic carbocycles. The number of hydrogen-bond acceptors (Lipinski definition) is 2. The largest absolute Gasteiger partial charge is 0.272 e. The molecule has 0 spiro atoms. The van der Waals surface area contributed by atoms with Gasteiger partial charge in [0.2, 0.25) is 0 Å². The smallest absolute Gasteiger partial charge is 0.0674 e. The van der Waals surface area contributed by atoms with E-state index in [-0.39, 0.29) is 0 Å². The Hall–Kier alpha value is -0.960. The van der Waals surface area contributed by atoms with Gasteiger partial charge in [-0.15, -0.1) is 0 Å². The Balaban J connectivity index is 2.44. The van der Waals surface area contributed by atoms with E-state index >= 15 is 0 Å². The second-order valence-corrected chi connectivity index (χ2v) is 5.73. The molecule has 0 fully saturated rings. The van der Waals surface area contributed by atoms with Gasteiger partial charge in [-0.05, 0) is 31.6 Å². The SMILES string of the molecule is CSC1C=C(c2c(C)nn(C)c2C)C=CC1C. The normalized spacial score (nSPS) is 23.9. The van der Waals surface area contributed by atoms with Crippen molar-refractivity contribution in [2.75, 3.05) is 6.26 Å². The Morgan fingerprint density at radius 2 is 2.06 bits per heavy atom. The molecule has 2 rings (SSSR count). The Morgan fingerprint density at radius 1 is 1.35 bits per heavy atom. The van der Waals surface area contributed by atoms with E-state index in [2.05, 4.69) is 50.4 Å². The molecule has 1 aromatic rings. The van der Waals surface area contributed by atoms with Crippen LogP contribution in [-0.4, -0.2) is 21.3 Å². The van der Waals surface area contributed by atoms with Crippen LogP contribution in [0.25, 0.3) is 5.57 Å². The molecule has 0 N–H and O–H groups in total. The Labute approximate surface area is 108 Å². The number of hydrogen-bond donors (Lipinski definition) is 0. The molecule has 1 aliphatic rings. The summed E-state index contributed by atoms with van der Waals surface area (Å²) in [7, 11) is 2.01. The molecule has 0 aliphatic heterocycles. The average Bonchev–Trinajstić information content (AvgIpc) is 2.55. The average molecular weight is 248 g/mol. The van der Waals surface area contributed by atoms with Crippen molar-refractivity contribution in [2.24, 2.45) is 13.0 Å². The maximum absolute atomic E-state index is 4.49. The van der Waals surface area contributed by atoms with E-state index in [1.807, 2.05) is 23.5 Å². The first-order valence-electron chi connectivity index (χ1n) is 5.98. The van der Waals surface area contributed by atoms with Crippen LogP contribution in [0.5, 0.6) is 0 Å². The predicted octanol–water partition coefficient (Wildman–Crippen LogP) is 3.36. The Morgan fingerprint density at radius 3 is 2.59 bits per heavy atom. The molecule has 92 valence electrons. The minimum absolute atomic E-state index is 0.578. The topological polar surface area (TPSA) is 17.8 Å². The van der Waals surface area contributed by atoms with Crippen molar-refractivity contribution in [3.63, 3.8) is 0 Å². The van der Waals surface area contributed by atoms with Crippen LogP contribution in [0, 0.1) is 19.8 Å². The van der Waals surface area contributed by atoms with Crippen LogP contribution in [-0.2, 0) is 7.05 Å². The molecule has 2 atom stereocenters. The van der Waals surface area contributed by atoms with Gasteiger partial charge in [-0.3, -0.25) is 4.68 Å².